The second-order valence-corrected chi connectivity index (χ2v) is 8.24. The van der Waals surface area contributed by atoms with Crippen molar-refractivity contribution in [1.29, 1.82) is 0 Å². The molecule has 9 nitrogen and oxygen atoms in total. The van der Waals surface area contributed by atoms with Crippen LogP contribution in [0, 0.1) is 6.92 Å². The lowest BCUT2D eigenvalue weighted by Gasteiger charge is -2.19. The highest BCUT2D eigenvalue weighted by molar-refractivity contribution is 7.15. The SMILES string of the molecule is COc1ccnc(Nc2cc(C)cc(-c3cnc(C4(O)CCN(C(N)=O)C4)s3)c2)n1. The van der Waals surface area contributed by atoms with Crippen LogP contribution in [-0.4, -0.2) is 51.2 Å². The Balaban J connectivity index is 1.58. The number of ether oxygens (including phenoxy) is 1. The lowest BCUT2D eigenvalue weighted by molar-refractivity contribution is 0.0496. The number of aliphatic hydroxyl groups is 1. The Morgan fingerprint density at radius 3 is 2.93 bits per heavy atom. The van der Waals surface area contributed by atoms with Crippen LogP contribution >= 0.6 is 11.3 Å². The zero-order valence-corrected chi connectivity index (χ0v) is 17.4. The van der Waals surface area contributed by atoms with Crippen LogP contribution in [0.3, 0.4) is 0 Å². The van der Waals surface area contributed by atoms with Gasteiger partial charge in [-0.25, -0.2) is 14.8 Å². The van der Waals surface area contributed by atoms with Gasteiger partial charge < -0.3 is 25.8 Å². The number of rotatable bonds is 5. The molecule has 0 aliphatic carbocycles. The fourth-order valence-electron chi connectivity index (χ4n) is 3.42. The highest BCUT2D eigenvalue weighted by atomic mass is 32.1. The van der Waals surface area contributed by atoms with Gasteiger partial charge in [0, 0.05) is 37.1 Å². The summed E-state index contributed by atoms with van der Waals surface area (Å²) in [6.45, 7) is 2.57. The molecule has 3 aromatic rings. The fourth-order valence-corrected chi connectivity index (χ4v) is 4.43. The molecule has 1 atom stereocenters. The molecule has 0 spiro atoms. The van der Waals surface area contributed by atoms with Crippen LogP contribution in [0.5, 0.6) is 5.88 Å². The number of hydrogen-bond donors (Lipinski definition) is 3. The van der Waals surface area contributed by atoms with Gasteiger partial charge in [0.15, 0.2) is 0 Å². The first-order valence-electron chi connectivity index (χ1n) is 9.35. The number of carbonyl (C=O) groups is 1. The summed E-state index contributed by atoms with van der Waals surface area (Å²) >= 11 is 1.41. The molecule has 4 N–H and O–H groups in total. The van der Waals surface area contributed by atoms with Crippen molar-refractivity contribution in [3.8, 4) is 16.3 Å². The molecular formula is C20H22N6O3S. The highest BCUT2D eigenvalue weighted by Gasteiger charge is 2.41. The lowest BCUT2D eigenvalue weighted by atomic mass is 10.1. The third-order valence-electron chi connectivity index (χ3n) is 4.92. The molecule has 0 radical (unpaired) electrons. The lowest BCUT2D eigenvalue weighted by Crippen LogP contribution is -2.37. The number of carbonyl (C=O) groups excluding carboxylic acids is 1. The van der Waals surface area contributed by atoms with E-state index in [-0.39, 0.29) is 6.54 Å². The van der Waals surface area contributed by atoms with Crippen molar-refractivity contribution in [2.45, 2.75) is 18.9 Å². The molecule has 1 fully saturated rings. The molecule has 1 saturated heterocycles. The average molecular weight is 427 g/mol. The number of urea groups is 1. The van der Waals surface area contributed by atoms with Gasteiger partial charge >= 0.3 is 6.03 Å². The van der Waals surface area contributed by atoms with Gasteiger partial charge in [-0.2, -0.15) is 4.98 Å². The van der Waals surface area contributed by atoms with Crippen molar-refractivity contribution in [2.24, 2.45) is 5.73 Å². The van der Waals surface area contributed by atoms with Crippen molar-refractivity contribution in [3.05, 3.63) is 47.2 Å². The fraction of sp³-hybridized carbons (Fsp3) is 0.300. The quantitative estimate of drug-likeness (QED) is 0.572. The monoisotopic (exact) mass is 426 g/mol. The van der Waals surface area contributed by atoms with E-state index < -0.39 is 11.6 Å². The molecule has 0 saturated carbocycles. The van der Waals surface area contributed by atoms with Crippen molar-refractivity contribution in [3.63, 3.8) is 0 Å². The highest BCUT2D eigenvalue weighted by Crippen LogP contribution is 2.38. The van der Waals surface area contributed by atoms with Gasteiger partial charge in [0.25, 0.3) is 0 Å². The third kappa shape index (κ3) is 4.05. The van der Waals surface area contributed by atoms with Gasteiger partial charge in [-0.15, -0.1) is 11.3 Å². The Morgan fingerprint density at radius 1 is 1.37 bits per heavy atom. The first-order chi connectivity index (χ1) is 14.4. The van der Waals surface area contributed by atoms with Crippen LogP contribution in [0.25, 0.3) is 10.4 Å². The molecule has 2 aromatic heterocycles. The van der Waals surface area contributed by atoms with Crippen molar-refractivity contribution >= 4 is 29.0 Å². The van der Waals surface area contributed by atoms with Crippen molar-refractivity contribution in [1.82, 2.24) is 19.9 Å². The number of β-amino-alcohol motifs (C(OH)–C–C–N with tert-alkyl or cyclic N) is 1. The molecule has 1 aliphatic heterocycles. The van der Waals surface area contributed by atoms with Crippen molar-refractivity contribution < 1.29 is 14.6 Å². The number of nitrogens with zero attached hydrogens (tertiary/aromatic N) is 4. The maximum atomic E-state index is 11.4. The van der Waals surface area contributed by atoms with E-state index in [1.165, 1.54) is 16.2 Å². The number of thiazole rings is 1. The zero-order chi connectivity index (χ0) is 21.3. The van der Waals surface area contributed by atoms with E-state index in [1.807, 2.05) is 25.1 Å². The van der Waals surface area contributed by atoms with Crippen LogP contribution in [0.2, 0.25) is 0 Å². The largest absolute Gasteiger partial charge is 0.481 e. The first kappa shape index (κ1) is 20.0. The third-order valence-corrected chi connectivity index (χ3v) is 6.16. The van der Waals surface area contributed by atoms with Gasteiger partial charge in [0.05, 0.1) is 18.5 Å². The second kappa shape index (κ2) is 7.88. The summed E-state index contributed by atoms with van der Waals surface area (Å²) in [7, 11) is 1.55. The molecule has 1 unspecified atom stereocenters. The predicted molar refractivity (Wildman–Crippen MR) is 114 cm³/mol. The van der Waals surface area contributed by atoms with Crippen LogP contribution in [0.15, 0.2) is 36.7 Å². The van der Waals surface area contributed by atoms with Gasteiger partial charge in [-0.05, 0) is 30.2 Å². The minimum Gasteiger partial charge on any atom is -0.481 e. The topological polar surface area (TPSA) is 126 Å². The number of likely N-dealkylation sites (tertiary alicyclic amines) is 1. The summed E-state index contributed by atoms with van der Waals surface area (Å²) in [6, 6.07) is 7.16. The molecule has 4 rings (SSSR count). The summed E-state index contributed by atoms with van der Waals surface area (Å²) in [6.07, 6.45) is 3.78. The molecule has 30 heavy (non-hydrogen) atoms. The van der Waals surface area contributed by atoms with Gasteiger partial charge in [-0.3, -0.25) is 0 Å². The summed E-state index contributed by atoms with van der Waals surface area (Å²) in [5, 5.41) is 14.7. The number of aryl methyl sites for hydroxylation is 1. The second-order valence-electron chi connectivity index (χ2n) is 7.21. The predicted octanol–water partition coefficient (Wildman–Crippen LogP) is 2.63. The minimum atomic E-state index is -1.17. The first-order valence-corrected chi connectivity index (χ1v) is 10.2. The van der Waals surface area contributed by atoms with E-state index in [0.29, 0.717) is 29.8 Å². The molecule has 2 amide bonds. The number of primary amides is 1. The van der Waals surface area contributed by atoms with E-state index in [9.17, 15) is 9.90 Å². The van der Waals surface area contributed by atoms with Gasteiger partial charge in [-0.1, -0.05) is 6.07 Å². The van der Waals surface area contributed by atoms with Gasteiger partial charge in [0.1, 0.15) is 10.6 Å². The number of nitrogens with one attached hydrogen (secondary N) is 1. The summed E-state index contributed by atoms with van der Waals surface area (Å²) in [5.41, 5.74) is 7.00. The summed E-state index contributed by atoms with van der Waals surface area (Å²) in [5.74, 6) is 0.907. The van der Waals surface area contributed by atoms with E-state index in [0.717, 1.165) is 21.7 Å². The number of benzene rings is 1. The Hall–Kier alpha value is -3.24. The molecule has 0 bridgehead atoms. The number of anilines is 2. The number of amides is 2. The average Bonchev–Trinajstić information content (AvgIpc) is 3.36. The van der Waals surface area contributed by atoms with Crippen LogP contribution in [-0.2, 0) is 5.60 Å². The Bertz CT molecular complexity index is 1090. The number of aromatic nitrogens is 3. The number of methoxy groups -OCH3 is 1. The van der Waals surface area contributed by atoms with Crippen molar-refractivity contribution in [2.75, 3.05) is 25.5 Å². The van der Waals surface area contributed by atoms with E-state index in [1.54, 1.807) is 25.6 Å². The van der Waals surface area contributed by atoms with Gasteiger partial charge in [0.2, 0.25) is 11.8 Å². The number of hydrogen-bond acceptors (Lipinski definition) is 8. The smallest absolute Gasteiger partial charge is 0.314 e. The van der Waals surface area contributed by atoms with Crippen LogP contribution in [0.4, 0.5) is 16.4 Å². The molecule has 156 valence electrons. The van der Waals surface area contributed by atoms with Crippen LogP contribution < -0.4 is 15.8 Å². The van der Waals surface area contributed by atoms with E-state index >= 15 is 0 Å². The maximum Gasteiger partial charge on any atom is 0.314 e. The Kier molecular flexibility index (Phi) is 5.27. The maximum absolute atomic E-state index is 11.4. The molecular weight excluding hydrogens is 404 g/mol. The molecule has 1 aromatic carbocycles. The van der Waals surface area contributed by atoms with Crippen LogP contribution in [0.1, 0.15) is 17.0 Å². The Morgan fingerprint density at radius 2 is 2.20 bits per heavy atom. The molecule has 10 heteroatoms. The Labute approximate surface area is 177 Å². The normalized spacial score (nSPS) is 18.4. The van der Waals surface area contributed by atoms with E-state index in [4.69, 9.17) is 10.5 Å². The standard InChI is InChI=1S/C20H22N6O3S/c1-12-7-13(9-14(8-12)24-19-22-5-3-16(25-19)29-2)15-10-23-17(30-15)20(28)4-6-26(11-20)18(21)27/h3,5,7-10,28H,4,6,11H2,1-2H3,(H2,21,27)(H,22,24,25). The zero-order valence-electron chi connectivity index (χ0n) is 16.6. The molecule has 1 aliphatic rings. The van der Waals surface area contributed by atoms with E-state index in [2.05, 4.69) is 20.3 Å². The number of nitrogens with two attached hydrogens (primary N) is 1. The molecule has 3 heterocycles. The minimum absolute atomic E-state index is 0.156. The summed E-state index contributed by atoms with van der Waals surface area (Å²) < 4.78 is 5.14. The summed E-state index contributed by atoms with van der Waals surface area (Å²) in [4.78, 5) is 26.7.